The molecule has 5 heteroatoms. The van der Waals surface area contributed by atoms with E-state index in [-0.39, 0.29) is 11.9 Å². The Balaban J connectivity index is 2.79. The van der Waals surface area contributed by atoms with Gasteiger partial charge in [0.2, 0.25) is 0 Å². The van der Waals surface area contributed by atoms with Crippen LogP contribution < -0.4 is 16.6 Å². The Morgan fingerprint density at radius 3 is 2.86 bits per heavy atom. The maximum absolute atomic E-state index is 11.5. The predicted molar refractivity (Wildman–Crippen MR) is 54.6 cm³/mol. The van der Waals surface area contributed by atoms with Crippen LogP contribution in [0.1, 0.15) is 24.2 Å². The number of hydrazine groups is 1. The molecule has 0 aliphatic heterocycles. The molecule has 0 radical (unpaired) electrons. The number of nitrogen functional groups attached to an aromatic ring is 1. The van der Waals surface area contributed by atoms with E-state index in [1.165, 1.54) is 6.20 Å². The van der Waals surface area contributed by atoms with E-state index in [9.17, 15) is 4.79 Å². The number of anilines is 1. The predicted octanol–water partition coefficient (Wildman–Crippen LogP) is 0.505. The highest BCUT2D eigenvalue weighted by molar-refractivity contribution is 5.94. The lowest BCUT2D eigenvalue weighted by Gasteiger charge is -2.08. The molecule has 0 atom stereocenters. The molecule has 1 aromatic rings. The molecule has 1 aromatic heterocycles. The number of nitrogens with one attached hydrogen (secondary N) is 2. The van der Waals surface area contributed by atoms with Crippen molar-refractivity contribution in [1.29, 1.82) is 0 Å². The second-order valence-electron chi connectivity index (χ2n) is 3.20. The zero-order valence-corrected chi connectivity index (χ0v) is 8.24. The Morgan fingerprint density at radius 2 is 2.29 bits per heavy atom. The summed E-state index contributed by atoms with van der Waals surface area (Å²) in [6, 6.07) is 3.35. The van der Waals surface area contributed by atoms with Gasteiger partial charge >= 0.3 is 0 Å². The number of nitrogens with zero attached hydrogens (tertiary/aromatic N) is 1. The standard InChI is InChI=1S/C9H14N4O/c1-6(2)12-9(14)7-3-4-11-8(5-7)13-10/h3-6H,10H2,1-2H3,(H,11,13)(H,12,14). The quantitative estimate of drug-likeness (QED) is 0.483. The number of carbonyl (C=O) groups is 1. The molecule has 0 aliphatic rings. The summed E-state index contributed by atoms with van der Waals surface area (Å²) in [6.45, 7) is 3.81. The summed E-state index contributed by atoms with van der Waals surface area (Å²) in [4.78, 5) is 15.4. The van der Waals surface area contributed by atoms with Crippen LogP contribution in [0.2, 0.25) is 0 Å². The second kappa shape index (κ2) is 4.57. The van der Waals surface area contributed by atoms with Crippen molar-refractivity contribution in [3.63, 3.8) is 0 Å². The average Bonchev–Trinajstić information content (AvgIpc) is 2.17. The van der Waals surface area contributed by atoms with Gasteiger partial charge in [0.15, 0.2) is 0 Å². The second-order valence-corrected chi connectivity index (χ2v) is 3.20. The van der Waals surface area contributed by atoms with E-state index in [0.717, 1.165) is 0 Å². The average molecular weight is 194 g/mol. The maximum Gasteiger partial charge on any atom is 0.251 e. The minimum Gasteiger partial charge on any atom is -0.350 e. The summed E-state index contributed by atoms with van der Waals surface area (Å²) >= 11 is 0. The van der Waals surface area contributed by atoms with E-state index in [0.29, 0.717) is 11.4 Å². The van der Waals surface area contributed by atoms with Gasteiger partial charge in [-0.05, 0) is 26.0 Å². The topological polar surface area (TPSA) is 80.0 Å². The lowest BCUT2D eigenvalue weighted by atomic mass is 10.2. The van der Waals surface area contributed by atoms with Crippen molar-refractivity contribution >= 4 is 11.7 Å². The van der Waals surface area contributed by atoms with Gasteiger partial charge in [-0.25, -0.2) is 10.8 Å². The molecule has 0 saturated heterocycles. The van der Waals surface area contributed by atoms with Crippen molar-refractivity contribution in [2.24, 2.45) is 5.84 Å². The minimum atomic E-state index is -0.126. The fourth-order valence-electron chi connectivity index (χ4n) is 0.996. The van der Waals surface area contributed by atoms with Crippen LogP contribution >= 0.6 is 0 Å². The first kappa shape index (κ1) is 10.5. The van der Waals surface area contributed by atoms with E-state index in [4.69, 9.17) is 5.84 Å². The first-order valence-electron chi connectivity index (χ1n) is 4.37. The minimum absolute atomic E-state index is 0.116. The van der Waals surface area contributed by atoms with Gasteiger partial charge in [0.25, 0.3) is 5.91 Å². The highest BCUT2D eigenvalue weighted by Gasteiger charge is 2.06. The van der Waals surface area contributed by atoms with E-state index >= 15 is 0 Å². The largest absolute Gasteiger partial charge is 0.350 e. The molecule has 0 unspecified atom stereocenters. The fourth-order valence-corrected chi connectivity index (χ4v) is 0.996. The van der Waals surface area contributed by atoms with Gasteiger partial charge in [-0.1, -0.05) is 0 Å². The van der Waals surface area contributed by atoms with Crippen molar-refractivity contribution < 1.29 is 4.79 Å². The molecule has 5 nitrogen and oxygen atoms in total. The smallest absolute Gasteiger partial charge is 0.251 e. The van der Waals surface area contributed by atoms with Crippen molar-refractivity contribution in [2.75, 3.05) is 5.43 Å². The molecule has 14 heavy (non-hydrogen) atoms. The third-order valence-electron chi connectivity index (χ3n) is 1.59. The summed E-state index contributed by atoms with van der Waals surface area (Å²) in [5, 5.41) is 2.78. The van der Waals surface area contributed by atoms with Crippen LogP contribution in [0.3, 0.4) is 0 Å². The van der Waals surface area contributed by atoms with Gasteiger partial charge in [0.05, 0.1) is 0 Å². The summed E-state index contributed by atoms with van der Waals surface area (Å²) in [5.41, 5.74) is 2.93. The molecule has 4 N–H and O–H groups in total. The number of nitrogens with two attached hydrogens (primary N) is 1. The number of carbonyl (C=O) groups excluding carboxylic acids is 1. The molecule has 0 aromatic carbocycles. The molecule has 0 bridgehead atoms. The van der Waals surface area contributed by atoms with Crippen LogP contribution in [0.4, 0.5) is 5.82 Å². The number of amides is 1. The zero-order valence-electron chi connectivity index (χ0n) is 8.24. The van der Waals surface area contributed by atoms with Gasteiger partial charge in [-0.2, -0.15) is 0 Å². The number of hydrogen-bond donors (Lipinski definition) is 3. The Bertz CT molecular complexity index is 324. The zero-order chi connectivity index (χ0) is 10.6. The monoisotopic (exact) mass is 194 g/mol. The Labute approximate surface area is 82.7 Å². The van der Waals surface area contributed by atoms with Gasteiger partial charge < -0.3 is 10.7 Å². The van der Waals surface area contributed by atoms with Crippen LogP contribution in [0.25, 0.3) is 0 Å². The molecule has 0 saturated carbocycles. The van der Waals surface area contributed by atoms with Crippen molar-refractivity contribution in [3.8, 4) is 0 Å². The van der Waals surface area contributed by atoms with Crippen LogP contribution in [0.15, 0.2) is 18.3 Å². The van der Waals surface area contributed by atoms with Crippen LogP contribution in [-0.2, 0) is 0 Å². The SMILES string of the molecule is CC(C)NC(=O)c1ccnc(NN)c1. The third-order valence-corrected chi connectivity index (χ3v) is 1.59. The number of pyridine rings is 1. The molecule has 0 fully saturated rings. The van der Waals surface area contributed by atoms with E-state index < -0.39 is 0 Å². The van der Waals surface area contributed by atoms with E-state index in [2.05, 4.69) is 15.7 Å². The first-order valence-corrected chi connectivity index (χ1v) is 4.37. The van der Waals surface area contributed by atoms with E-state index in [1.807, 2.05) is 13.8 Å². The lowest BCUT2D eigenvalue weighted by molar-refractivity contribution is 0.0943. The van der Waals surface area contributed by atoms with Gasteiger partial charge in [-0.15, -0.1) is 0 Å². The summed E-state index contributed by atoms with van der Waals surface area (Å²) in [7, 11) is 0. The van der Waals surface area contributed by atoms with Gasteiger partial charge in [-0.3, -0.25) is 4.79 Å². The number of aromatic nitrogens is 1. The molecule has 76 valence electrons. The molecule has 1 amide bonds. The van der Waals surface area contributed by atoms with Crippen LogP contribution in [0.5, 0.6) is 0 Å². The normalized spacial score (nSPS) is 10.0. The summed E-state index contributed by atoms with van der Waals surface area (Å²) < 4.78 is 0. The van der Waals surface area contributed by atoms with Gasteiger partial charge in [0, 0.05) is 17.8 Å². The Hall–Kier alpha value is -1.62. The lowest BCUT2D eigenvalue weighted by Crippen LogP contribution is -2.30. The van der Waals surface area contributed by atoms with Crippen LogP contribution in [-0.4, -0.2) is 16.9 Å². The van der Waals surface area contributed by atoms with Crippen LogP contribution in [0, 0.1) is 0 Å². The Kier molecular flexibility index (Phi) is 3.41. The molecule has 0 aliphatic carbocycles. The van der Waals surface area contributed by atoms with Crippen molar-refractivity contribution in [1.82, 2.24) is 10.3 Å². The van der Waals surface area contributed by atoms with Gasteiger partial charge in [0.1, 0.15) is 5.82 Å². The molecule has 1 heterocycles. The highest BCUT2D eigenvalue weighted by Crippen LogP contribution is 2.05. The van der Waals surface area contributed by atoms with Crippen molar-refractivity contribution in [3.05, 3.63) is 23.9 Å². The third kappa shape index (κ3) is 2.70. The molecular formula is C9H14N4O. The number of rotatable bonds is 3. The molecular weight excluding hydrogens is 180 g/mol. The highest BCUT2D eigenvalue weighted by atomic mass is 16.1. The van der Waals surface area contributed by atoms with Crippen molar-refractivity contribution in [2.45, 2.75) is 19.9 Å². The molecule has 0 spiro atoms. The molecule has 1 rings (SSSR count). The Morgan fingerprint density at radius 1 is 1.57 bits per heavy atom. The summed E-state index contributed by atoms with van der Waals surface area (Å²) in [5.74, 6) is 5.52. The van der Waals surface area contributed by atoms with E-state index in [1.54, 1.807) is 12.1 Å². The fraction of sp³-hybridized carbons (Fsp3) is 0.333. The number of hydrogen-bond acceptors (Lipinski definition) is 4. The first-order chi connectivity index (χ1) is 6.63. The maximum atomic E-state index is 11.5. The summed E-state index contributed by atoms with van der Waals surface area (Å²) in [6.07, 6.45) is 1.53.